The van der Waals surface area contributed by atoms with Gasteiger partial charge in [0.05, 0.1) is 17.8 Å². The molecule has 2 saturated heterocycles. The molecule has 2 aliphatic rings. The van der Waals surface area contributed by atoms with Crippen molar-refractivity contribution in [1.82, 2.24) is 4.90 Å². The molecule has 96 valence electrons. The van der Waals surface area contributed by atoms with Gasteiger partial charge >= 0.3 is 0 Å². The highest BCUT2D eigenvalue weighted by molar-refractivity contribution is 9.10. The zero-order chi connectivity index (χ0) is 12.7. The van der Waals surface area contributed by atoms with Crippen LogP contribution in [0.2, 0.25) is 0 Å². The summed E-state index contributed by atoms with van der Waals surface area (Å²) in [6, 6.07) is 5.32. The van der Waals surface area contributed by atoms with Gasteiger partial charge in [0.1, 0.15) is 0 Å². The number of benzene rings is 1. The highest BCUT2D eigenvalue weighted by Gasteiger charge is 2.36. The lowest BCUT2D eigenvalue weighted by atomic mass is 10.1. The van der Waals surface area contributed by atoms with Gasteiger partial charge in [-0.1, -0.05) is 0 Å². The quantitative estimate of drug-likeness (QED) is 0.808. The Morgan fingerprint density at radius 2 is 2.00 bits per heavy atom. The molecule has 0 radical (unpaired) electrons. The lowest BCUT2D eigenvalue weighted by molar-refractivity contribution is -0.0303. The first kappa shape index (κ1) is 12.0. The molecule has 2 heterocycles. The van der Waals surface area contributed by atoms with E-state index in [0.717, 1.165) is 17.3 Å². The number of nitrogens with zero attached hydrogens (tertiary/aromatic N) is 1. The minimum Gasteiger partial charge on any atom is -0.399 e. The van der Waals surface area contributed by atoms with Crippen molar-refractivity contribution in [3.8, 4) is 0 Å². The third-order valence-corrected chi connectivity index (χ3v) is 4.24. The Morgan fingerprint density at radius 1 is 1.33 bits per heavy atom. The molecule has 2 atom stereocenters. The molecule has 1 amide bonds. The average molecular weight is 311 g/mol. The number of hydrogen-bond donors (Lipinski definition) is 1. The number of hydrogen-bond acceptors (Lipinski definition) is 3. The Morgan fingerprint density at radius 3 is 2.67 bits per heavy atom. The third kappa shape index (κ3) is 2.12. The molecule has 18 heavy (non-hydrogen) atoms. The molecule has 3 rings (SSSR count). The first-order valence-corrected chi connectivity index (χ1v) is 6.92. The number of carbonyl (C=O) groups excluding carboxylic acids is 1. The van der Waals surface area contributed by atoms with Gasteiger partial charge < -0.3 is 15.4 Å². The lowest BCUT2D eigenvalue weighted by Crippen LogP contribution is -2.45. The van der Waals surface area contributed by atoms with E-state index in [-0.39, 0.29) is 18.1 Å². The highest BCUT2D eigenvalue weighted by Crippen LogP contribution is 2.28. The number of anilines is 1. The van der Waals surface area contributed by atoms with Gasteiger partial charge in [-0.05, 0) is 47.0 Å². The number of halogens is 1. The SMILES string of the molecule is Nc1ccc(Br)c(C(=O)N2CC3CCC(C2)O3)c1. The summed E-state index contributed by atoms with van der Waals surface area (Å²) in [6.45, 7) is 1.38. The summed E-state index contributed by atoms with van der Waals surface area (Å²) in [5, 5.41) is 0. The number of amides is 1. The Kier molecular flexibility index (Phi) is 3.03. The van der Waals surface area contributed by atoms with Crippen molar-refractivity contribution in [1.29, 1.82) is 0 Å². The van der Waals surface area contributed by atoms with Crippen LogP contribution in [0.4, 0.5) is 5.69 Å². The monoisotopic (exact) mass is 310 g/mol. The van der Waals surface area contributed by atoms with E-state index in [4.69, 9.17) is 10.5 Å². The number of nitrogens with two attached hydrogens (primary N) is 1. The van der Waals surface area contributed by atoms with Crippen LogP contribution in [0.1, 0.15) is 23.2 Å². The van der Waals surface area contributed by atoms with Gasteiger partial charge in [-0.25, -0.2) is 0 Å². The van der Waals surface area contributed by atoms with Crippen molar-refractivity contribution in [2.75, 3.05) is 18.8 Å². The van der Waals surface area contributed by atoms with Crippen LogP contribution in [0, 0.1) is 0 Å². The minimum absolute atomic E-state index is 0.0365. The van der Waals surface area contributed by atoms with Crippen LogP contribution < -0.4 is 5.73 Å². The molecule has 0 saturated carbocycles. The molecule has 0 aromatic heterocycles. The molecule has 4 nitrogen and oxygen atoms in total. The molecule has 2 unspecified atom stereocenters. The summed E-state index contributed by atoms with van der Waals surface area (Å²) in [4.78, 5) is 14.4. The van der Waals surface area contributed by atoms with Crippen molar-refractivity contribution in [3.05, 3.63) is 28.2 Å². The van der Waals surface area contributed by atoms with Gasteiger partial charge in [0.2, 0.25) is 0 Å². The fourth-order valence-corrected chi connectivity index (χ4v) is 3.07. The summed E-state index contributed by atoms with van der Waals surface area (Å²) >= 11 is 3.41. The third-order valence-electron chi connectivity index (χ3n) is 3.55. The fourth-order valence-electron chi connectivity index (χ4n) is 2.66. The zero-order valence-electron chi connectivity index (χ0n) is 9.93. The normalized spacial score (nSPS) is 26.4. The van der Waals surface area contributed by atoms with Gasteiger partial charge in [-0.2, -0.15) is 0 Å². The van der Waals surface area contributed by atoms with E-state index < -0.39 is 0 Å². The molecule has 0 spiro atoms. The average Bonchev–Trinajstić information content (AvgIpc) is 2.70. The van der Waals surface area contributed by atoms with Gasteiger partial charge in [0, 0.05) is 23.2 Å². The van der Waals surface area contributed by atoms with Crippen LogP contribution in [-0.4, -0.2) is 36.1 Å². The van der Waals surface area contributed by atoms with E-state index in [1.807, 2.05) is 11.0 Å². The number of likely N-dealkylation sites (tertiary alicyclic amines) is 1. The van der Waals surface area contributed by atoms with Crippen LogP contribution >= 0.6 is 15.9 Å². The second-order valence-electron chi connectivity index (χ2n) is 4.91. The lowest BCUT2D eigenvalue weighted by Gasteiger charge is -2.32. The smallest absolute Gasteiger partial charge is 0.255 e. The molecule has 2 fully saturated rings. The van der Waals surface area contributed by atoms with Crippen molar-refractivity contribution in [2.24, 2.45) is 0 Å². The minimum atomic E-state index is 0.0365. The molecule has 0 aliphatic carbocycles. The van der Waals surface area contributed by atoms with Crippen molar-refractivity contribution in [3.63, 3.8) is 0 Å². The maximum Gasteiger partial charge on any atom is 0.255 e. The molecule has 5 heteroatoms. The summed E-state index contributed by atoms with van der Waals surface area (Å²) in [5.41, 5.74) is 6.99. The molecule has 2 aliphatic heterocycles. The first-order valence-electron chi connectivity index (χ1n) is 6.13. The molecule has 1 aromatic carbocycles. The second-order valence-corrected chi connectivity index (χ2v) is 5.76. The van der Waals surface area contributed by atoms with Gasteiger partial charge in [0.25, 0.3) is 5.91 Å². The molecular weight excluding hydrogens is 296 g/mol. The predicted molar refractivity (Wildman–Crippen MR) is 72.4 cm³/mol. The van der Waals surface area contributed by atoms with Crippen LogP contribution in [-0.2, 0) is 4.74 Å². The van der Waals surface area contributed by atoms with Crippen molar-refractivity contribution >= 4 is 27.5 Å². The maximum atomic E-state index is 12.5. The number of morpholine rings is 1. The number of rotatable bonds is 1. The van der Waals surface area contributed by atoms with Gasteiger partial charge in [-0.15, -0.1) is 0 Å². The van der Waals surface area contributed by atoms with Crippen molar-refractivity contribution < 1.29 is 9.53 Å². The molecule has 2 bridgehead atoms. The summed E-state index contributed by atoms with van der Waals surface area (Å²) < 4.78 is 6.53. The van der Waals surface area contributed by atoms with E-state index >= 15 is 0 Å². The number of ether oxygens (including phenoxy) is 1. The van der Waals surface area contributed by atoms with Crippen LogP contribution in [0.3, 0.4) is 0 Å². The number of fused-ring (bicyclic) bond motifs is 2. The van der Waals surface area contributed by atoms with Crippen LogP contribution in [0.25, 0.3) is 0 Å². The van der Waals surface area contributed by atoms with Crippen molar-refractivity contribution in [2.45, 2.75) is 25.0 Å². The topological polar surface area (TPSA) is 55.6 Å². The largest absolute Gasteiger partial charge is 0.399 e. The first-order chi connectivity index (χ1) is 8.63. The molecule has 1 aromatic rings. The molecular formula is C13H15BrN2O2. The predicted octanol–water partition coefficient (Wildman–Crippen LogP) is 2.03. The summed E-state index contributed by atoms with van der Waals surface area (Å²) in [6.07, 6.45) is 2.55. The van der Waals surface area contributed by atoms with E-state index in [1.165, 1.54) is 0 Å². The Balaban J connectivity index is 1.84. The number of nitrogen functional groups attached to an aromatic ring is 1. The maximum absolute atomic E-state index is 12.5. The Labute approximate surface area is 114 Å². The Bertz CT molecular complexity index is 480. The van der Waals surface area contributed by atoms with E-state index in [2.05, 4.69) is 15.9 Å². The van der Waals surface area contributed by atoms with Gasteiger partial charge in [-0.3, -0.25) is 4.79 Å². The molecule has 2 N–H and O–H groups in total. The van der Waals surface area contributed by atoms with Crippen LogP contribution in [0.5, 0.6) is 0 Å². The second kappa shape index (κ2) is 4.55. The van der Waals surface area contributed by atoms with Crippen LogP contribution in [0.15, 0.2) is 22.7 Å². The standard InChI is InChI=1S/C13H15BrN2O2/c14-12-4-1-8(15)5-11(12)13(17)16-6-9-2-3-10(7-16)18-9/h1,4-5,9-10H,2-3,6-7,15H2. The summed E-state index contributed by atoms with van der Waals surface area (Å²) in [5.74, 6) is 0.0365. The Hall–Kier alpha value is -1.07. The fraction of sp³-hybridized carbons (Fsp3) is 0.462. The highest BCUT2D eigenvalue weighted by atomic mass is 79.9. The zero-order valence-corrected chi connectivity index (χ0v) is 11.5. The van der Waals surface area contributed by atoms with E-state index in [9.17, 15) is 4.79 Å². The van der Waals surface area contributed by atoms with E-state index in [1.54, 1.807) is 12.1 Å². The van der Waals surface area contributed by atoms with E-state index in [0.29, 0.717) is 24.3 Å². The van der Waals surface area contributed by atoms with Gasteiger partial charge in [0.15, 0.2) is 0 Å². The number of carbonyl (C=O) groups is 1. The summed E-state index contributed by atoms with van der Waals surface area (Å²) in [7, 11) is 0.